The number of unbranched alkanes of at least 4 members (excludes halogenated alkanes) is 6. The van der Waals surface area contributed by atoms with Gasteiger partial charge in [0.05, 0.1) is 25.8 Å². The van der Waals surface area contributed by atoms with Crippen molar-refractivity contribution in [2.24, 2.45) is 4.99 Å². The lowest BCUT2D eigenvalue weighted by molar-refractivity contribution is -0.935. The summed E-state index contributed by atoms with van der Waals surface area (Å²) in [5.41, 5.74) is 0. The van der Waals surface area contributed by atoms with Gasteiger partial charge in [-0.05, 0) is 32.6 Å². The molecule has 0 radical (unpaired) electrons. The summed E-state index contributed by atoms with van der Waals surface area (Å²) in [6.45, 7) is 9.92. The van der Waals surface area contributed by atoms with E-state index in [0.29, 0.717) is 6.17 Å². The van der Waals surface area contributed by atoms with E-state index in [0.717, 1.165) is 43.5 Å². The van der Waals surface area contributed by atoms with Gasteiger partial charge >= 0.3 is 0 Å². The van der Waals surface area contributed by atoms with Crippen LogP contribution >= 0.6 is 0 Å². The maximum absolute atomic E-state index is 11.1. The number of rotatable bonds is 14. The van der Waals surface area contributed by atoms with Crippen LogP contribution in [0.15, 0.2) is 17.1 Å². The number of carbonyl (C=O) groups excluding carboxylic acids is 1. The van der Waals surface area contributed by atoms with Crippen molar-refractivity contribution in [2.45, 2.75) is 84.7 Å². The molecular weight excluding hydrogens is 310 g/mol. The average molecular weight is 351 g/mol. The molecule has 0 saturated heterocycles. The molecule has 0 spiro atoms. The fourth-order valence-corrected chi connectivity index (χ4v) is 3.66. The summed E-state index contributed by atoms with van der Waals surface area (Å²) in [6, 6.07) is 0. The quantitative estimate of drug-likeness (QED) is 0.280. The molecule has 0 bridgehead atoms. The first-order valence-electron chi connectivity index (χ1n) is 10.4. The molecule has 2 atom stereocenters. The van der Waals surface area contributed by atoms with Gasteiger partial charge in [-0.15, -0.1) is 0 Å². The van der Waals surface area contributed by atoms with Crippen LogP contribution in [-0.2, 0) is 4.79 Å². The molecule has 0 fully saturated rings. The molecule has 4 nitrogen and oxygen atoms in total. The van der Waals surface area contributed by atoms with E-state index >= 15 is 0 Å². The Morgan fingerprint density at radius 2 is 1.88 bits per heavy atom. The summed E-state index contributed by atoms with van der Waals surface area (Å²) in [4.78, 5) is 15.8. The molecule has 2 unspecified atom stereocenters. The second kappa shape index (κ2) is 13.1. The van der Waals surface area contributed by atoms with E-state index in [4.69, 9.17) is 4.99 Å². The van der Waals surface area contributed by atoms with Gasteiger partial charge in [-0.25, -0.2) is 4.99 Å². The molecule has 0 aromatic rings. The van der Waals surface area contributed by atoms with Gasteiger partial charge in [0.2, 0.25) is 5.91 Å². The van der Waals surface area contributed by atoms with Crippen LogP contribution in [-0.4, -0.2) is 48.9 Å². The van der Waals surface area contributed by atoms with E-state index in [2.05, 4.69) is 37.5 Å². The first kappa shape index (κ1) is 21.9. The summed E-state index contributed by atoms with van der Waals surface area (Å²) in [5, 5.41) is 2.94. The largest absolute Gasteiger partial charge is 0.351 e. The lowest BCUT2D eigenvalue weighted by Crippen LogP contribution is -2.55. The molecule has 144 valence electrons. The van der Waals surface area contributed by atoms with Gasteiger partial charge in [-0.2, -0.15) is 0 Å². The molecule has 0 saturated carbocycles. The fraction of sp³-hybridized carbons (Fsp3) is 0.810. The van der Waals surface area contributed by atoms with Gasteiger partial charge < -0.3 is 5.32 Å². The minimum Gasteiger partial charge on any atom is -0.351 e. The second-order valence-corrected chi connectivity index (χ2v) is 7.34. The number of hydrogen-bond acceptors (Lipinski definition) is 2. The molecule has 1 rings (SSSR count). The predicted octanol–water partition coefficient (Wildman–Crippen LogP) is 4.46. The molecule has 0 aromatic heterocycles. The average Bonchev–Trinajstić information content (AvgIpc) is 2.99. The molecule has 1 aliphatic rings. The van der Waals surface area contributed by atoms with Crippen LogP contribution in [0.3, 0.4) is 0 Å². The number of quaternary nitrogens is 1. The Kier molecular flexibility index (Phi) is 11.5. The van der Waals surface area contributed by atoms with Crippen molar-refractivity contribution in [1.29, 1.82) is 0 Å². The molecule has 1 heterocycles. The minimum atomic E-state index is 0.0609. The Labute approximate surface area is 155 Å². The lowest BCUT2D eigenvalue weighted by atomic mass is 10.1. The van der Waals surface area contributed by atoms with Crippen LogP contribution in [0.25, 0.3) is 0 Å². The third-order valence-electron chi connectivity index (χ3n) is 5.39. The first-order chi connectivity index (χ1) is 12.1. The number of aliphatic imine (C=N–C) groups is 1. The van der Waals surface area contributed by atoms with Crippen LogP contribution in [0.2, 0.25) is 0 Å². The van der Waals surface area contributed by atoms with Crippen LogP contribution in [0.1, 0.15) is 78.6 Å². The molecule has 0 aliphatic carbocycles. The number of nitrogens with one attached hydrogen (secondary N) is 1. The SMILES string of the molecule is CCCCCCC/C=C/CCCC1N=CC[N+]1(CC)CCNC(C)=O. The van der Waals surface area contributed by atoms with E-state index in [1.807, 2.05) is 0 Å². The van der Waals surface area contributed by atoms with Crippen molar-refractivity contribution < 1.29 is 9.28 Å². The normalized spacial score (nSPS) is 22.8. The van der Waals surface area contributed by atoms with E-state index in [-0.39, 0.29) is 5.91 Å². The maximum Gasteiger partial charge on any atom is 0.217 e. The fourth-order valence-electron chi connectivity index (χ4n) is 3.66. The molecule has 1 N–H and O–H groups in total. The van der Waals surface area contributed by atoms with Crippen molar-refractivity contribution in [2.75, 3.05) is 26.2 Å². The highest BCUT2D eigenvalue weighted by molar-refractivity contribution is 5.72. The Morgan fingerprint density at radius 1 is 1.16 bits per heavy atom. The molecular formula is C21H40N3O+. The summed E-state index contributed by atoms with van der Waals surface area (Å²) in [5.74, 6) is 0.0609. The molecule has 1 aliphatic heterocycles. The van der Waals surface area contributed by atoms with Crippen LogP contribution in [0.5, 0.6) is 0 Å². The van der Waals surface area contributed by atoms with Gasteiger partial charge in [0.25, 0.3) is 0 Å². The Hall–Kier alpha value is -1.16. The monoisotopic (exact) mass is 350 g/mol. The topological polar surface area (TPSA) is 41.5 Å². The Bertz CT molecular complexity index is 419. The van der Waals surface area contributed by atoms with Gasteiger partial charge in [0.1, 0.15) is 6.54 Å². The zero-order valence-electron chi connectivity index (χ0n) is 16.8. The van der Waals surface area contributed by atoms with Crippen molar-refractivity contribution in [3.63, 3.8) is 0 Å². The molecule has 1 amide bonds. The molecule has 4 heteroatoms. The van der Waals surface area contributed by atoms with Crippen molar-refractivity contribution in [3.8, 4) is 0 Å². The van der Waals surface area contributed by atoms with E-state index in [1.165, 1.54) is 44.9 Å². The van der Waals surface area contributed by atoms with Gasteiger partial charge in [0.15, 0.2) is 6.17 Å². The smallest absolute Gasteiger partial charge is 0.217 e. The van der Waals surface area contributed by atoms with E-state index < -0.39 is 0 Å². The maximum atomic E-state index is 11.1. The highest BCUT2D eigenvalue weighted by Gasteiger charge is 2.37. The van der Waals surface area contributed by atoms with E-state index in [1.54, 1.807) is 6.92 Å². The van der Waals surface area contributed by atoms with Gasteiger partial charge in [-0.3, -0.25) is 9.28 Å². The summed E-state index contributed by atoms with van der Waals surface area (Å²) in [6.07, 6.45) is 18.7. The highest BCUT2D eigenvalue weighted by Crippen LogP contribution is 2.23. The highest BCUT2D eigenvalue weighted by atomic mass is 16.1. The minimum absolute atomic E-state index is 0.0609. The Morgan fingerprint density at radius 3 is 2.56 bits per heavy atom. The number of carbonyl (C=O) groups is 1. The van der Waals surface area contributed by atoms with Crippen LogP contribution in [0, 0.1) is 0 Å². The van der Waals surface area contributed by atoms with Gasteiger partial charge in [-0.1, -0.05) is 44.8 Å². The third-order valence-corrected chi connectivity index (χ3v) is 5.39. The van der Waals surface area contributed by atoms with Crippen LogP contribution in [0.4, 0.5) is 0 Å². The van der Waals surface area contributed by atoms with Crippen LogP contribution < -0.4 is 5.32 Å². The number of allylic oxidation sites excluding steroid dienone is 2. The Balaban J connectivity index is 2.21. The number of hydrogen-bond donors (Lipinski definition) is 1. The van der Waals surface area contributed by atoms with Gasteiger partial charge in [0, 0.05) is 13.3 Å². The molecule has 25 heavy (non-hydrogen) atoms. The number of amides is 1. The van der Waals surface area contributed by atoms with Crippen molar-refractivity contribution in [1.82, 2.24) is 5.32 Å². The second-order valence-electron chi connectivity index (χ2n) is 7.34. The van der Waals surface area contributed by atoms with Crippen molar-refractivity contribution >= 4 is 12.1 Å². The standard InChI is InChI=1S/C21H39N3O/c1-4-6-7-8-9-10-11-12-13-14-15-21-23-17-19-24(21,5-2)18-16-22-20(3)25/h11-12,17,21H,4-10,13-16,18-19H2,1-3H3/p+1/b12-11+. The summed E-state index contributed by atoms with van der Waals surface area (Å²) in [7, 11) is 0. The lowest BCUT2D eigenvalue weighted by Gasteiger charge is -2.38. The summed E-state index contributed by atoms with van der Waals surface area (Å²) >= 11 is 0. The first-order valence-corrected chi connectivity index (χ1v) is 10.4. The number of likely N-dealkylation sites (N-methyl/N-ethyl adjacent to an activating group) is 1. The number of nitrogens with zero attached hydrogens (tertiary/aromatic N) is 2. The zero-order chi connectivity index (χ0) is 18.4. The molecule has 0 aromatic carbocycles. The predicted molar refractivity (Wildman–Crippen MR) is 108 cm³/mol. The van der Waals surface area contributed by atoms with E-state index in [9.17, 15) is 4.79 Å². The van der Waals surface area contributed by atoms with Crippen molar-refractivity contribution in [3.05, 3.63) is 12.2 Å². The zero-order valence-corrected chi connectivity index (χ0v) is 16.8. The third kappa shape index (κ3) is 8.66. The summed E-state index contributed by atoms with van der Waals surface area (Å²) < 4.78 is 1.00.